The van der Waals surface area contributed by atoms with Crippen molar-refractivity contribution in [2.75, 3.05) is 0 Å². The van der Waals surface area contributed by atoms with Gasteiger partial charge >= 0.3 is 24.2 Å². The summed E-state index contributed by atoms with van der Waals surface area (Å²) >= 11 is 0. The molecule has 0 atom stereocenters. The predicted octanol–water partition coefficient (Wildman–Crippen LogP) is -0.491. The maximum absolute atomic E-state index is 10.3. The third kappa shape index (κ3) is 21.7. The van der Waals surface area contributed by atoms with Gasteiger partial charge in [-0.1, -0.05) is 12.1 Å². The molecule has 1 rings (SSSR count). The Bertz CT molecular complexity index is 558. The van der Waals surface area contributed by atoms with Crippen LogP contribution in [0.4, 0.5) is 0 Å². The topological polar surface area (TPSA) is 210 Å². The second kappa shape index (κ2) is 8.60. The minimum absolute atomic E-state index is 0.0671. The van der Waals surface area contributed by atoms with Crippen LogP contribution in [-0.2, 0) is 15.0 Å². The number of phosphoric acid groups is 1. The lowest BCUT2D eigenvalue weighted by atomic mass is 10.2. The standard InChI is InChI=1S/C7H6O3.H3O4P.H2O4S/c8-6-4-2-1-3-5(6)7(9)10;2*1-5(2,3)4/h1-4,8H,(H,9,10);(H3,1,2,3,4);(H2,1,2,3,4). The fraction of sp³-hybridized carbons (Fsp3) is 0. The Balaban J connectivity index is 0. The van der Waals surface area contributed by atoms with Gasteiger partial charge in [-0.2, -0.15) is 8.42 Å². The molecule has 20 heavy (non-hydrogen) atoms. The highest BCUT2D eigenvalue weighted by Crippen LogP contribution is 2.25. The predicted molar refractivity (Wildman–Crippen MR) is 63.5 cm³/mol. The molecule has 0 aliphatic carbocycles. The van der Waals surface area contributed by atoms with Gasteiger partial charge < -0.3 is 24.9 Å². The first kappa shape index (κ1) is 20.8. The number of aromatic hydroxyl groups is 1. The fourth-order valence-electron chi connectivity index (χ4n) is 0.654. The number of phenols is 1. The Morgan fingerprint density at radius 3 is 1.55 bits per heavy atom. The van der Waals surface area contributed by atoms with Gasteiger partial charge in [-0.3, -0.25) is 9.11 Å². The fourth-order valence-corrected chi connectivity index (χ4v) is 0.654. The summed E-state index contributed by atoms with van der Waals surface area (Å²) in [4.78, 5) is 31.8. The van der Waals surface area contributed by atoms with Crippen molar-refractivity contribution in [2.24, 2.45) is 0 Å². The largest absolute Gasteiger partial charge is 0.507 e. The summed E-state index contributed by atoms with van der Waals surface area (Å²) in [5.74, 6) is -1.31. The van der Waals surface area contributed by atoms with E-state index < -0.39 is 24.2 Å². The van der Waals surface area contributed by atoms with Crippen molar-refractivity contribution < 1.29 is 51.8 Å². The first-order chi connectivity index (χ1) is 8.72. The van der Waals surface area contributed by atoms with Gasteiger partial charge in [-0.15, -0.1) is 0 Å². The number of carboxylic acid groups (broad SMARTS) is 1. The molecule has 1 aromatic carbocycles. The van der Waals surface area contributed by atoms with Crippen LogP contribution < -0.4 is 0 Å². The van der Waals surface area contributed by atoms with E-state index in [1.165, 1.54) is 12.1 Å². The number of rotatable bonds is 1. The highest BCUT2D eigenvalue weighted by molar-refractivity contribution is 7.79. The van der Waals surface area contributed by atoms with E-state index in [-0.39, 0.29) is 11.3 Å². The van der Waals surface area contributed by atoms with Gasteiger partial charge in [0.2, 0.25) is 0 Å². The summed E-state index contributed by atoms with van der Waals surface area (Å²) in [7, 11) is -9.31. The molecular formula is C7H11O11PS. The molecule has 7 N–H and O–H groups in total. The quantitative estimate of drug-likeness (QED) is 0.257. The van der Waals surface area contributed by atoms with Crippen molar-refractivity contribution in [3.63, 3.8) is 0 Å². The Morgan fingerprint density at radius 1 is 1.05 bits per heavy atom. The zero-order valence-electron chi connectivity index (χ0n) is 9.43. The lowest BCUT2D eigenvalue weighted by Crippen LogP contribution is -1.95. The van der Waals surface area contributed by atoms with E-state index in [1.807, 2.05) is 0 Å². The summed E-state index contributed by atoms with van der Waals surface area (Å²) in [6, 6.07) is 5.81. The minimum atomic E-state index is -4.67. The Hall–Kier alpha value is -1.53. The molecule has 0 bridgehead atoms. The van der Waals surface area contributed by atoms with E-state index in [2.05, 4.69) is 0 Å². The van der Waals surface area contributed by atoms with Gasteiger partial charge in [0.15, 0.2) is 0 Å². The van der Waals surface area contributed by atoms with E-state index in [1.54, 1.807) is 12.1 Å². The Labute approximate surface area is 112 Å². The van der Waals surface area contributed by atoms with E-state index in [4.69, 9.17) is 47.0 Å². The molecule has 0 aliphatic heterocycles. The zero-order valence-corrected chi connectivity index (χ0v) is 11.1. The van der Waals surface area contributed by atoms with Crippen LogP contribution in [0.2, 0.25) is 0 Å². The summed E-state index contributed by atoms with van der Waals surface area (Å²) < 4.78 is 40.5. The van der Waals surface area contributed by atoms with Gasteiger partial charge in [0.25, 0.3) is 0 Å². The molecule has 0 heterocycles. The molecule has 13 heteroatoms. The molecule has 0 fully saturated rings. The summed E-state index contributed by atoms with van der Waals surface area (Å²) in [6.07, 6.45) is 0. The highest BCUT2D eigenvalue weighted by atomic mass is 32.3. The Morgan fingerprint density at radius 2 is 1.35 bits per heavy atom. The molecule has 0 spiro atoms. The van der Waals surface area contributed by atoms with Gasteiger partial charge in [0, 0.05) is 0 Å². The van der Waals surface area contributed by atoms with Gasteiger partial charge in [-0.05, 0) is 12.1 Å². The molecule has 0 saturated heterocycles. The summed E-state index contributed by atoms with van der Waals surface area (Å²) in [5, 5.41) is 17.3. The number of hydrogen-bond acceptors (Lipinski definition) is 5. The molecule has 1 aromatic rings. The molecular weight excluding hydrogens is 323 g/mol. The molecule has 0 radical (unpaired) electrons. The minimum Gasteiger partial charge on any atom is -0.507 e. The van der Waals surface area contributed by atoms with Crippen LogP contribution in [0.15, 0.2) is 24.3 Å². The first-order valence-corrected chi connectivity index (χ1v) is 7.17. The number of carboxylic acids is 1. The number of benzene rings is 1. The van der Waals surface area contributed by atoms with E-state index >= 15 is 0 Å². The van der Waals surface area contributed by atoms with Crippen LogP contribution in [0.3, 0.4) is 0 Å². The summed E-state index contributed by atoms with van der Waals surface area (Å²) in [6.45, 7) is 0. The van der Waals surface area contributed by atoms with Gasteiger partial charge in [0.05, 0.1) is 0 Å². The smallest absolute Gasteiger partial charge is 0.466 e. The van der Waals surface area contributed by atoms with Crippen LogP contribution in [0.1, 0.15) is 10.4 Å². The van der Waals surface area contributed by atoms with Crippen LogP contribution in [0.5, 0.6) is 5.75 Å². The van der Waals surface area contributed by atoms with E-state index in [0.717, 1.165) is 0 Å². The van der Waals surface area contributed by atoms with Crippen molar-refractivity contribution >= 4 is 24.2 Å². The van der Waals surface area contributed by atoms with Crippen molar-refractivity contribution in [3.05, 3.63) is 29.8 Å². The zero-order chi connectivity index (χ0) is 16.6. The van der Waals surface area contributed by atoms with Crippen LogP contribution in [0, 0.1) is 0 Å². The van der Waals surface area contributed by atoms with Crippen LogP contribution in [0.25, 0.3) is 0 Å². The van der Waals surface area contributed by atoms with E-state index in [9.17, 15) is 4.79 Å². The monoisotopic (exact) mass is 334 g/mol. The maximum Gasteiger partial charge on any atom is 0.466 e. The normalized spacial score (nSPS) is 10.4. The highest BCUT2D eigenvalue weighted by Gasteiger charge is 2.05. The third-order valence-corrected chi connectivity index (χ3v) is 1.13. The lowest BCUT2D eigenvalue weighted by molar-refractivity contribution is 0.0693. The van der Waals surface area contributed by atoms with Crippen LogP contribution in [-0.4, -0.2) is 48.4 Å². The molecule has 0 amide bonds. The molecule has 0 aliphatic rings. The molecule has 0 unspecified atom stereocenters. The number of aromatic carboxylic acids is 1. The maximum atomic E-state index is 10.3. The molecule has 0 aromatic heterocycles. The number of carbonyl (C=O) groups is 1. The summed E-state index contributed by atoms with van der Waals surface area (Å²) in [5.41, 5.74) is -0.0671. The van der Waals surface area contributed by atoms with Crippen molar-refractivity contribution in [1.29, 1.82) is 0 Å². The average molecular weight is 334 g/mol. The van der Waals surface area contributed by atoms with Gasteiger partial charge in [0.1, 0.15) is 11.3 Å². The van der Waals surface area contributed by atoms with Crippen molar-refractivity contribution in [1.82, 2.24) is 0 Å². The average Bonchev–Trinajstić information content (AvgIpc) is 2.12. The molecule has 0 saturated carbocycles. The molecule has 11 nitrogen and oxygen atoms in total. The van der Waals surface area contributed by atoms with Gasteiger partial charge in [-0.25, -0.2) is 9.36 Å². The molecule has 116 valence electrons. The van der Waals surface area contributed by atoms with Crippen molar-refractivity contribution in [3.8, 4) is 5.75 Å². The number of hydrogen-bond donors (Lipinski definition) is 7. The first-order valence-electron chi connectivity index (χ1n) is 4.21. The lowest BCUT2D eigenvalue weighted by Gasteiger charge is -1.95. The van der Waals surface area contributed by atoms with Crippen LogP contribution >= 0.6 is 7.82 Å². The number of para-hydroxylation sites is 1. The second-order valence-electron chi connectivity index (χ2n) is 2.78. The second-order valence-corrected chi connectivity index (χ2v) is 4.71. The SMILES string of the molecule is O=C(O)c1ccccc1O.O=P(O)(O)O.O=S(=O)(O)O. The third-order valence-electron chi connectivity index (χ3n) is 1.13. The Kier molecular flexibility index (Phi) is 8.94. The van der Waals surface area contributed by atoms with E-state index in [0.29, 0.717) is 0 Å². The van der Waals surface area contributed by atoms with Crippen molar-refractivity contribution in [2.45, 2.75) is 0 Å².